The molecule has 1 heterocycles. The maximum absolute atomic E-state index is 7.34. The first kappa shape index (κ1) is 10.1. The molecule has 0 bridgehead atoms. The highest BCUT2D eigenvalue weighted by molar-refractivity contribution is 5.94. The average molecular weight is 194 g/mol. The van der Waals surface area contributed by atoms with E-state index in [1.54, 1.807) is 0 Å². The Balaban J connectivity index is 2.38. The molecular formula is C8H14N6. The van der Waals surface area contributed by atoms with Crippen LogP contribution in [-0.2, 0) is 6.54 Å². The number of nitrogens with one attached hydrogen (secondary N) is 5. The molecule has 1 aromatic rings. The normalized spacial score (nSPS) is 9.50. The van der Waals surface area contributed by atoms with E-state index in [9.17, 15) is 0 Å². The number of rotatable bonds is 2. The number of guanidine groups is 2. The topological polar surface area (TPSA) is 114 Å². The number of aryl methyl sites for hydroxylation is 1. The molecule has 0 fully saturated rings. The Kier molecular flexibility index (Phi) is 3.11. The van der Waals surface area contributed by atoms with Crippen molar-refractivity contribution in [2.75, 3.05) is 0 Å². The van der Waals surface area contributed by atoms with Gasteiger partial charge in [0, 0.05) is 18.4 Å². The van der Waals surface area contributed by atoms with Crippen molar-refractivity contribution in [3.8, 4) is 0 Å². The Morgan fingerprint density at radius 3 is 2.79 bits per heavy atom. The molecule has 6 heteroatoms. The van der Waals surface area contributed by atoms with Gasteiger partial charge < -0.3 is 16.0 Å². The highest BCUT2D eigenvalue weighted by Gasteiger charge is 2.00. The third kappa shape index (κ3) is 2.81. The van der Waals surface area contributed by atoms with E-state index in [-0.39, 0.29) is 11.9 Å². The predicted molar refractivity (Wildman–Crippen MR) is 55.1 cm³/mol. The van der Waals surface area contributed by atoms with E-state index >= 15 is 0 Å². The van der Waals surface area contributed by atoms with Crippen LogP contribution in [0.4, 0.5) is 0 Å². The lowest BCUT2D eigenvalue weighted by Gasteiger charge is -2.08. The molecule has 0 aliphatic heterocycles. The summed E-state index contributed by atoms with van der Waals surface area (Å²) in [7, 11) is 0. The minimum atomic E-state index is -0.242. The van der Waals surface area contributed by atoms with E-state index in [4.69, 9.17) is 16.6 Å². The van der Waals surface area contributed by atoms with Crippen molar-refractivity contribution in [3.63, 3.8) is 0 Å². The number of aromatic amines is 1. The summed E-state index contributed by atoms with van der Waals surface area (Å²) in [6, 6.07) is 1.93. The van der Waals surface area contributed by atoms with Crippen molar-refractivity contribution in [2.45, 2.75) is 13.5 Å². The van der Waals surface area contributed by atoms with Gasteiger partial charge in [0.25, 0.3) is 0 Å². The van der Waals surface area contributed by atoms with Gasteiger partial charge in [0.15, 0.2) is 11.9 Å². The van der Waals surface area contributed by atoms with E-state index in [2.05, 4.69) is 15.6 Å². The van der Waals surface area contributed by atoms with Gasteiger partial charge in [0.05, 0.1) is 0 Å². The first-order valence-corrected chi connectivity index (χ1v) is 4.16. The summed E-state index contributed by atoms with van der Waals surface area (Å²) in [6.07, 6.45) is 1.84. The van der Waals surface area contributed by atoms with E-state index in [0.29, 0.717) is 6.54 Å². The maximum atomic E-state index is 7.34. The van der Waals surface area contributed by atoms with Crippen molar-refractivity contribution >= 4 is 11.9 Å². The van der Waals surface area contributed by atoms with Crippen LogP contribution in [-0.4, -0.2) is 16.9 Å². The van der Waals surface area contributed by atoms with Gasteiger partial charge in [-0.15, -0.1) is 0 Å². The summed E-state index contributed by atoms with van der Waals surface area (Å²) >= 11 is 0. The molecule has 0 saturated heterocycles. The second-order valence-corrected chi connectivity index (χ2v) is 2.90. The molecule has 0 aromatic carbocycles. The van der Waals surface area contributed by atoms with Gasteiger partial charge in [0.2, 0.25) is 0 Å². The molecule has 76 valence electrons. The van der Waals surface area contributed by atoms with Crippen LogP contribution in [0.1, 0.15) is 11.3 Å². The fourth-order valence-corrected chi connectivity index (χ4v) is 1.04. The summed E-state index contributed by atoms with van der Waals surface area (Å²) < 4.78 is 0. The van der Waals surface area contributed by atoms with Crippen molar-refractivity contribution in [3.05, 3.63) is 23.5 Å². The predicted octanol–water partition coefficient (Wildman–Crippen LogP) is -0.169. The summed E-state index contributed by atoms with van der Waals surface area (Å²) in [4.78, 5) is 3.04. The summed E-state index contributed by atoms with van der Waals surface area (Å²) in [5.74, 6) is -0.216. The van der Waals surface area contributed by atoms with Gasteiger partial charge in [-0.05, 0) is 18.6 Å². The third-order valence-electron chi connectivity index (χ3n) is 1.78. The lowest BCUT2D eigenvalue weighted by atomic mass is 10.2. The molecule has 0 aliphatic carbocycles. The first-order valence-electron chi connectivity index (χ1n) is 4.16. The van der Waals surface area contributed by atoms with E-state index in [1.807, 2.05) is 19.2 Å². The molecule has 1 aromatic heterocycles. The molecule has 7 N–H and O–H groups in total. The summed E-state index contributed by atoms with van der Waals surface area (Å²) in [5.41, 5.74) is 7.20. The largest absolute Gasteiger partial charge is 0.370 e. The summed E-state index contributed by atoms with van der Waals surface area (Å²) in [5, 5.41) is 19.4. The SMILES string of the molecule is Cc1[nH]ccc1CNC(=N)NC(=N)N. The number of hydrogen-bond donors (Lipinski definition) is 6. The summed E-state index contributed by atoms with van der Waals surface area (Å²) in [6.45, 7) is 2.49. The standard InChI is InChI=1S/C8H14N6/c1-5-6(2-3-12-5)4-13-8(11)14-7(9)10/h2-3,12H,4H2,1H3,(H6,9,10,11,13,14). The zero-order chi connectivity index (χ0) is 10.6. The molecule has 6 nitrogen and oxygen atoms in total. The highest BCUT2D eigenvalue weighted by atomic mass is 15.2. The minimum Gasteiger partial charge on any atom is -0.370 e. The van der Waals surface area contributed by atoms with Gasteiger partial charge in [-0.1, -0.05) is 0 Å². The molecule has 0 saturated carbocycles. The average Bonchev–Trinajstić information content (AvgIpc) is 2.46. The lowest BCUT2D eigenvalue weighted by molar-refractivity contribution is 0.870. The molecule has 0 unspecified atom stereocenters. The third-order valence-corrected chi connectivity index (χ3v) is 1.78. The molecule has 0 amide bonds. The monoisotopic (exact) mass is 194 g/mol. The van der Waals surface area contributed by atoms with Crippen LogP contribution in [0.15, 0.2) is 12.3 Å². The Labute approximate surface area is 81.9 Å². The van der Waals surface area contributed by atoms with Gasteiger partial charge in [0.1, 0.15) is 0 Å². The molecule has 0 atom stereocenters. The molecule has 0 aliphatic rings. The number of hydrogen-bond acceptors (Lipinski definition) is 2. The number of H-pyrrole nitrogens is 1. The van der Waals surface area contributed by atoms with Crippen molar-refractivity contribution in [1.29, 1.82) is 10.8 Å². The van der Waals surface area contributed by atoms with Crippen molar-refractivity contribution < 1.29 is 0 Å². The fraction of sp³-hybridized carbons (Fsp3) is 0.250. The van der Waals surface area contributed by atoms with Crippen LogP contribution in [0.5, 0.6) is 0 Å². The molecule has 1 rings (SSSR count). The van der Waals surface area contributed by atoms with Gasteiger partial charge in [-0.25, -0.2) is 0 Å². The maximum Gasteiger partial charge on any atom is 0.195 e. The molecule has 0 spiro atoms. The van der Waals surface area contributed by atoms with Gasteiger partial charge in [-0.2, -0.15) is 0 Å². The second-order valence-electron chi connectivity index (χ2n) is 2.90. The van der Waals surface area contributed by atoms with E-state index in [1.165, 1.54) is 0 Å². The smallest absolute Gasteiger partial charge is 0.195 e. The molecule has 0 radical (unpaired) electrons. The Bertz CT molecular complexity index is 339. The molecular weight excluding hydrogens is 180 g/mol. The lowest BCUT2D eigenvalue weighted by Crippen LogP contribution is -2.43. The zero-order valence-electron chi connectivity index (χ0n) is 7.94. The van der Waals surface area contributed by atoms with Crippen LogP contribution >= 0.6 is 0 Å². The second kappa shape index (κ2) is 4.31. The molecule has 14 heavy (non-hydrogen) atoms. The Morgan fingerprint density at radius 2 is 2.29 bits per heavy atom. The number of nitrogens with two attached hydrogens (primary N) is 1. The van der Waals surface area contributed by atoms with Gasteiger partial charge >= 0.3 is 0 Å². The van der Waals surface area contributed by atoms with E-state index in [0.717, 1.165) is 11.3 Å². The Hall–Kier alpha value is -1.98. The quantitative estimate of drug-likeness (QED) is 0.290. The van der Waals surface area contributed by atoms with Crippen LogP contribution in [0.25, 0.3) is 0 Å². The van der Waals surface area contributed by atoms with Crippen LogP contribution < -0.4 is 16.4 Å². The minimum absolute atomic E-state index is 0.0260. The first-order chi connectivity index (χ1) is 6.59. The van der Waals surface area contributed by atoms with Crippen molar-refractivity contribution in [2.24, 2.45) is 5.73 Å². The van der Waals surface area contributed by atoms with Crippen molar-refractivity contribution in [1.82, 2.24) is 15.6 Å². The number of aromatic nitrogens is 1. The highest BCUT2D eigenvalue weighted by Crippen LogP contribution is 2.03. The van der Waals surface area contributed by atoms with Crippen LogP contribution in [0, 0.1) is 17.7 Å². The van der Waals surface area contributed by atoms with E-state index < -0.39 is 0 Å². The van der Waals surface area contributed by atoms with Gasteiger partial charge in [-0.3, -0.25) is 16.1 Å². The van der Waals surface area contributed by atoms with Crippen LogP contribution in [0.2, 0.25) is 0 Å². The zero-order valence-corrected chi connectivity index (χ0v) is 7.94. The van der Waals surface area contributed by atoms with Crippen LogP contribution in [0.3, 0.4) is 0 Å². The fourth-order valence-electron chi connectivity index (χ4n) is 1.04. The Morgan fingerprint density at radius 1 is 1.57 bits per heavy atom.